The molecule has 1 saturated heterocycles. The fourth-order valence-corrected chi connectivity index (χ4v) is 3.62. The minimum atomic E-state index is -0.496. The molecule has 3 N–H and O–H groups in total. The zero-order valence-corrected chi connectivity index (χ0v) is 14.4. The quantitative estimate of drug-likeness (QED) is 0.854. The van der Waals surface area contributed by atoms with Crippen LogP contribution in [0.4, 0.5) is 5.82 Å². The Bertz CT molecular complexity index is 821. The number of nitrogens with one attached hydrogen (secondary N) is 1. The molecule has 1 aromatic heterocycles. The standard InChI is InChI=1S/C18H19ClN4O2/c19-13-7-12-8-15(18(24)23-5-3-21-4-6-23)25-17(12)14(10-13)11-1-2-22-16(20)9-11/h1-2,7,9-10,15,21H,3-6,8H2,(H2,20,22). The van der Waals surface area contributed by atoms with Crippen molar-refractivity contribution in [3.05, 3.63) is 41.0 Å². The Morgan fingerprint density at radius 3 is 2.88 bits per heavy atom. The van der Waals surface area contributed by atoms with Crippen molar-refractivity contribution < 1.29 is 9.53 Å². The number of ether oxygens (including phenoxy) is 1. The zero-order chi connectivity index (χ0) is 17.4. The van der Waals surface area contributed by atoms with E-state index >= 15 is 0 Å². The molecular weight excluding hydrogens is 340 g/mol. The number of nitrogens with zero attached hydrogens (tertiary/aromatic N) is 2. The number of halogens is 1. The third-order valence-corrected chi connectivity index (χ3v) is 4.81. The smallest absolute Gasteiger partial charge is 0.264 e. The topological polar surface area (TPSA) is 80.5 Å². The first kappa shape index (κ1) is 16.2. The van der Waals surface area contributed by atoms with Gasteiger partial charge in [-0.2, -0.15) is 0 Å². The zero-order valence-electron chi connectivity index (χ0n) is 13.7. The third-order valence-electron chi connectivity index (χ3n) is 4.59. The van der Waals surface area contributed by atoms with Crippen LogP contribution in [0, 0.1) is 0 Å². The molecule has 1 amide bonds. The fraction of sp³-hybridized carbons (Fsp3) is 0.333. The Balaban J connectivity index is 1.64. The van der Waals surface area contributed by atoms with Crippen LogP contribution in [0.25, 0.3) is 11.1 Å². The highest BCUT2D eigenvalue weighted by Gasteiger charge is 2.34. The first-order valence-corrected chi connectivity index (χ1v) is 8.70. The molecule has 6 nitrogen and oxygen atoms in total. The third kappa shape index (κ3) is 3.15. The van der Waals surface area contributed by atoms with Crippen LogP contribution in [0.3, 0.4) is 0 Å². The van der Waals surface area contributed by atoms with Gasteiger partial charge in [0.2, 0.25) is 0 Å². The molecule has 2 aliphatic heterocycles. The van der Waals surface area contributed by atoms with Gasteiger partial charge in [-0.05, 0) is 29.8 Å². The van der Waals surface area contributed by atoms with Gasteiger partial charge in [0.1, 0.15) is 11.6 Å². The van der Waals surface area contributed by atoms with E-state index in [0.29, 0.717) is 36.1 Å². The number of nitrogen functional groups attached to an aromatic ring is 1. The Hall–Kier alpha value is -2.31. The lowest BCUT2D eigenvalue weighted by Gasteiger charge is -2.29. The summed E-state index contributed by atoms with van der Waals surface area (Å²) in [4.78, 5) is 18.6. The number of piperazine rings is 1. The molecule has 2 aromatic rings. The number of pyridine rings is 1. The van der Waals surface area contributed by atoms with Crippen molar-refractivity contribution in [1.29, 1.82) is 0 Å². The lowest BCUT2D eigenvalue weighted by molar-refractivity contribution is -0.138. The molecule has 0 aliphatic carbocycles. The maximum absolute atomic E-state index is 12.8. The molecule has 1 unspecified atom stereocenters. The Kier molecular flexibility index (Phi) is 4.23. The number of fused-ring (bicyclic) bond motifs is 1. The van der Waals surface area contributed by atoms with Crippen molar-refractivity contribution >= 4 is 23.3 Å². The molecule has 25 heavy (non-hydrogen) atoms. The van der Waals surface area contributed by atoms with Crippen LogP contribution in [0.1, 0.15) is 5.56 Å². The molecule has 0 bridgehead atoms. The molecular formula is C18H19ClN4O2. The van der Waals surface area contributed by atoms with Crippen LogP contribution >= 0.6 is 11.6 Å². The van der Waals surface area contributed by atoms with Crippen molar-refractivity contribution in [3.8, 4) is 16.9 Å². The minimum absolute atomic E-state index is 0.0361. The van der Waals surface area contributed by atoms with Gasteiger partial charge in [-0.15, -0.1) is 0 Å². The summed E-state index contributed by atoms with van der Waals surface area (Å²) in [6.07, 6.45) is 1.69. The SMILES string of the molecule is Nc1cc(-c2cc(Cl)cc3c2OC(C(=O)N2CCNCC2)C3)ccn1. The highest BCUT2D eigenvalue weighted by Crippen LogP contribution is 2.41. The first-order chi connectivity index (χ1) is 12.1. The Morgan fingerprint density at radius 1 is 1.32 bits per heavy atom. The van der Waals surface area contributed by atoms with Gasteiger partial charge in [-0.1, -0.05) is 11.6 Å². The van der Waals surface area contributed by atoms with Crippen LogP contribution in [0.15, 0.2) is 30.5 Å². The number of anilines is 1. The highest BCUT2D eigenvalue weighted by molar-refractivity contribution is 6.31. The van der Waals surface area contributed by atoms with Crippen molar-refractivity contribution in [2.75, 3.05) is 31.9 Å². The second kappa shape index (κ2) is 6.54. The van der Waals surface area contributed by atoms with Gasteiger partial charge in [0, 0.05) is 54.9 Å². The predicted molar refractivity (Wildman–Crippen MR) is 96.7 cm³/mol. The Morgan fingerprint density at radius 2 is 2.12 bits per heavy atom. The van der Waals surface area contributed by atoms with Crippen LogP contribution in [0.2, 0.25) is 5.02 Å². The average molecular weight is 359 g/mol. The normalized spacial score (nSPS) is 19.4. The predicted octanol–water partition coefficient (Wildman–Crippen LogP) is 1.72. The van der Waals surface area contributed by atoms with Gasteiger partial charge in [0.15, 0.2) is 6.10 Å². The molecule has 0 saturated carbocycles. The molecule has 1 fully saturated rings. The van der Waals surface area contributed by atoms with E-state index in [1.807, 2.05) is 23.1 Å². The number of aromatic nitrogens is 1. The molecule has 1 aromatic carbocycles. The van der Waals surface area contributed by atoms with Crippen molar-refractivity contribution in [1.82, 2.24) is 15.2 Å². The number of carbonyl (C=O) groups is 1. The van der Waals surface area contributed by atoms with Crippen LogP contribution < -0.4 is 15.8 Å². The number of hydrogen-bond donors (Lipinski definition) is 2. The molecule has 4 rings (SSSR count). The summed E-state index contributed by atoms with van der Waals surface area (Å²) >= 11 is 6.29. The monoisotopic (exact) mass is 358 g/mol. The van der Waals surface area contributed by atoms with Gasteiger partial charge in [0.25, 0.3) is 5.91 Å². The molecule has 1 atom stereocenters. The second-order valence-corrected chi connectivity index (χ2v) is 6.73. The first-order valence-electron chi connectivity index (χ1n) is 8.32. The summed E-state index contributed by atoms with van der Waals surface area (Å²) < 4.78 is 6.07. The minimum Gasteiger partial charge on any atom is -0.479 e. The van der Waals surface area contributed by atoms with Gasteiger partial charge in [-0.3, -0.25) is 4.79 Å². The molecule has 7 heteroatoms. The number of rotatable bonds is 2. The van der Waals surface area contributed by atoms with Crippen molar-refractivity contribution in [3.63, 3.8) is 0 Å². The fourth-order valence-electron chi connectivity index (χ4n) is 3.38. The number of amides is 1. The number of benzene rings is 1. The lowest BCUT2D eigenvalue weighted by atomic mass is 10.0. The summed E-state index contributed by atoms with van der Waals surface area (Å²) in [6.45, 7) is 3.06. The maximum Gasteiger partial charge on any atom is 0.264 e. The van der Waals surface area contributed by atoms with E-state index < -0.39 is 6.10 Å². The van der Waals surface area contributed by atoms with E-state index in [2.05, 4.69) is 10.3 Å². The van der Waals surface area contributed by atoms with E-state index in [1.165, 1.54) is 0 Å². The molecule has 2 aliphatic rings. The summed E-state index contributed by atoms with van der Waals surface area (Å²) in [5, 5.41) is 3.86. The van der Waals surface area contributed by atoms with Crippen LogP contribution in [0.5, 0.6) is 5.75 Å². The van der Waals surface area contributed by atoms with Crippen molar-refractivity contribution in [2.24, 2.45) is 0 Å². The van der Waals surface area contributed by atoms with Crippen LogP contribution in [-0.4, -0.2) is 48.1 Å². The number of nitrogens with two attached hydrogens (primary N) is 1. The molecule has 0 radical (unpaired) electrons. The summed E-state index contributed by atoms with van der Waals surface area (Å²) in [5.74, 6) is 1.18. The van der Waals surface area contributed by atoms with Gasteiger partial charge < -0.3 is 20.7 Å². The summed E-state index contributed by atoms with van der Waals surface area (Å²) in [7, 11) is 0. The molecule has 130 valence electrons. The van der Waals surface area contributed by atoms with Crippen LogP contribution in [-0.2, 0) is 11.2 Å². The number of carbonyl (C=O) groups excluding carboxylic acids is 1. The lowest BCUT2D eigenvalue weighted by Crippen LogP contribution is -2.50. The van der Waals surface area contributed by atoms with E-state index in [-0.39, 0.29) is 5.91 Å². The van der Waals surface area contributed by atoms with Crippen molar-refractivity contribution in [2.45, 2.75) is 12.5 Å². The van der Waals surface area contributed by atoms with E-state index in [0.717, 1.165) is 29.8 Å². The Labute approximate surface area is 150 Å². The van der Waals surface area contributed by atoms with Gasteiger partial charge in [-0.25, -0.2) is 4.98 Å². The second-order valence-electron chi connectivity index (χ2n) is 6.30. The molecule has 0 spiro atoms. The van der Waals surface area contributed by atoms with E-state index in [1.54, 1.807) is 12.3 Å². The van der Waals surface area contributed by atoms with E-state index in [4.69, 9.17) is 22.1 Å². The average Bonchev–Trinajstić information content (AvgIpc) is 3.05. The van der Waals surface area contributed by atoms with Gasteiger partial charge in [0.05, 0.1) is 0 Å². The van der Waals surface area contributed by atoms with Gasteiger partial charge >= 0.3 is 0 Å². The number of hydrogen-bond acceptors (Lipinski definition) is 5. The molecule has 3 heterocycles. The highest BCUT2D eigenvalue weighted by atomic mass is 35.5. The summed E-state index contributed by atoms with van der Waals surface area (Å²) in [6, 6.07) is 7.35. The van der Waals surface area contributed by atoms with E-state index in [9.17, 15) is 4.79 Å². The maximum atomic E-state index is 12.8. The largest absolute Gasteiger partial charge is 0.479 e. The summed E-state index contributed by atoms with van der Waals surface area (Å²) in [5.41, 5.74) is 8.47.